The van der Waals surface area contributed by atoms with Gasteiger partial charge in [0, 0.05) is 20.0 Å². The Kier molecular flexibility index (Phi) is 2.82. The highest BCUT2D eigenvalue weighted by Gasteiger charge is 2.11. The van der Waals surface area contributed by atoms with Crippen LogP contribution in [0.2, 0.25) is 0 Å². The Labute approximate surface area is 72.3 Å². The maximum absolute atomic E-state index is 5.30. The second-order valence-electron chi connectivity index (χ2n) is 2.74. The summed E-state index contributed by atoms with van der Waals surface area (Å²) in [6.07, 6.45) is 3.45. The lowest BCUT2D eigenvalue weighted by molar-refractivity contribution is 0.435. The topological polar surface area (TPSA) is 41.6 Å². The van der Waals surface area contributed by atoms with E-state index in [9.17, 15) is 0 Å². The zero-order valence-corrected chi connectivity index (χ0v) is 7.52. The molecule has 0 amide bonds. The molecule has 1 fully saturated rings. The Bertz CT molecular complexity index is 188. The van der Waals surface area contributed by atoms with E-state index < -0.39 is 0 Å². The molecule has 0 aromatic rings. The van der Waals surface area contributed by atoms with Crippen LogP contribution in [0.3, 0.4) is 0 Å². The molecule has 0 radical (unpaired) electrons. The summed E-state index contributed by atoms with van der Waals surface area (Å²) < 4.78 is 0. The number of piperidine rings is 1. The number of nitrogens with zero attached hydrogens (tertiary/aromatic N) is 2. The number of thiocarbonyl (C=S) groups is 1. The number of rotatable bonds is 0. The van der Waals surface area contributed by atoms with Crippen molar-refractivity contribution in [1.29, 1.82) is 0 Å². The maximum Gasteiger partial charge on any atom is 0.191 e. The van der Waals surface area contributed by atoms with E-state index in [1.54, 1.807) is 0 Å². The highest BCUT2D eigenvalue weighted by molar-refractivity contribution is 7.80. The van der Waals surface area contributed by atoms with Crippen LogP contribution in [0.25, 0.3) is 0 Å². The second kappa shape index (κ2) is 3.67. The van der Waals surface area contributed by atoms with Gasteiger partial charge in [0.2, 0.25) is 0 Å². The molecule has 11 heavy (non-hydrogen) atoms. The first-order chi connectivity index (χ1) is 5.20. The zero-order chi connectivity index (χ0) is 8.27. The minimum absolute atomic E-state index is 0.244. The fourth-order valence-corrected chi connectivity index (χ4v) is 1.33. The molecule has 1 aliphatic rings. The lowest BCUT2D eigenvalue weighted by Gasteiger charge is -2.25. The second-order valence-corrected chi connectivity index (χ2v) is 3.16. The van der Waals surface area contributed by atoms with Crippen molar-refractivity contribution in [1.82, 2.24) is 4.90 Å². The number of amidine groups is 1. The van der Waals surface area contributed by atoms with Crippen LogP contribution < -0.4 is 5.73 Å². The van der Waals surface area contributed by atoms with Crippen molar-refractivity contribution in [3.05, 3.63) is 0 Å². The maximum atomic E-state index is 5.30. The molecule has 1 saturated heterocycles. The molecule has 1 rings (SSSR count). The van der Waals surface area contributed by atoms with Crippen molar-refractivity contribution in [3.63, 3.8) is 0 Å². The fraction of sp³-hybridized carbons (Fsp3) is 0.714. The monoisotopic (exact) mass is 171 g/mol. The summed E-state index contributed by atoms with van der Waals surface area (Å²) >= 11 is 4.69. The average Bonchev–Trinajstić information content (AvgIpc) is 1.93. The van der Waals surface area contributed by atoms with Gasteiger partial charge in [-0.05, 0) is 25.1 Å². The summed E-state index contributed by atoms with van der Waals surface area (Å²) in [5.41, 5.74) is 5.30. The summed E-state index contributed by atoms with van der Waals surface area (Å²) in [6, 6.07) is 0. The van der Waals surface area contributed by atoms with E-state index in [0.717, 1.165) is 18.8 Å². The SMILES string of the molecule is CN1CCCCC1=NC(N)=S. The van der Waals surface area contributed by atoms with Gasteiger partial charge >= 0.3 is 0 Å². The molecule has 4 heteroatoms. The number of likely N-dealkylation sites (tertiary alicyclic amines) is 1. The number of nitrogens with two attached hydrogens (primary N) is 1. The van der Waals surface area contributed by atoms with Crippen LogP contribution >= 0.6 is 12.2 Å². The molecule has 0 unspecified atom stereocenters. The van der Waals surface area contributed by atoms with Crippen molar-refractivity contribution in [3.8, 4) is 0 Å². The van der Waals surface area contributed by atoms with Crippen LogP contribution in [0.1, 0.15) is 19.3 Å². The van der Waals surface area contributed by atoms with Crippen molar-refractivity contribution in [2.24, 2.45) is 10.7 Å². The number of hydrogen-bond donors (Lipinski definition) is 1. The van der Waals surface area contributed by atoms with Gasteiger partial charge in [0.15, 0.2) is 5.11 Å². The van der Waals surface area contributed by atoms with E-state index in [-0.39, 0.29) is 5.11 Å². The molecule has 0 aromatic heterocycles. The molecule has 0 spiro atoms. The first-order valence-electron chi connectivity index (χ1n) is 3.78. The van der Waals surface area contributed by atoms with Crippen LogP contribution in [0.5, 0.6) is 0 Å². The Morgan fingerprint density at radius 1 is 1.64 bits per heavy atom. The van der Waals surface area contributed by atoms with Crippen molar-refractivity contribution >= 4 is 23.2 Å². The molecule has 0 aromatic carbocycles. The molecule has 2 N–H and O–H groups in total. The first-order valence-corrected chi connectivity index (χ1v) is 4.19. The van der Waals surface area contributed by atoms with Gasteiger partial charge in [-0.25, -0.2) is 4.99 Å². The molecule has 0 atom stereocenters. The van der Waals surface area contributed by atoms with Gasteiger partial charge in [0.1, 0.15) is 5.84 Å². The highest BCUT2D eigenvalue weighted by atomic mass is 32.1. The lowest BCUT2D eigenvalue weighted by atomic mass is 10.1. The fourth-order valence-electron chi connectivity index (χ4n) is 1.22. The summed E-state index contributed by atoms with van der Waals surface area (Å²) in [7, 11) is 2.02. The quantitative estimate of drug-likeness (QED) is 0.547. The molecule has 0 saturated carbocycles. The molecule has 1 aliphatic heterocycles. The minimum Gasteiger partial charge on any atom is -0.374 e. The van der Waals surface area contributed by atoms with E-state index in [4.69, 9.17) is 18.0 Å². The van der Waals surface area contributed by atoms with E-state index in [1.807, 2.05) is 7.05 Å². The number of hydrogen-bond acceptors (Lipinski definition) is 1. The van der Waals surface area contributed by atoms with Crippen LogP contribution in [0, 0.1) is 0 Å². The van der Waals surface area contributed by atoms with Crippen LogP contribution in [0.4, 0.5) is 0 Å². The molecular formula is C7H13N3S. The Balaban J connectivity index is 2.60. The van der Waals surface area contributed by atoms with E-state index in [1.165, 1.54) is 12.8 Å². The number of aliphatic imine (C=N–C) groups is 1. The minimum atomic E-state index is 0.244. The summed E-state index contributed by atoms with van der Waals surface area (Å²) in [5.74, 6) is 1.03. The van der Waals surface area contributed by atoms with Crippen molar-refractivity contribution in [2.45, 2.75) is 19.3 Å². The first kappa shape index (κ1) is 8.46. The van der Waals surface area contributed by atoms with Crippen molar-refractivity contribution in [2.75, 3.05) is 13.6 Å². The molecule has 0 bridgehead atoms. The molecule has 62 valence electrons. The van der Waals surface area contributed by atoms with Gasteiger partial charge < -0.3 is 10.6 Å². The van der Waals surface area contributed by atoms with Crippen LogP contribution in [0.15, 0.2) is 4.99 Å². The van der Waals surface area contributed by atoms with E-state index >= 15 is 0 Å². The summed E-state index contributed by atoms with van der Waals surface area (Å²) in [6.45, 7) is 1.07. The largest absolute Gasteiger partial charge is 0.374 e. The van der Waals surface area contributed by atoms with Gasteiger partial charge in [-0.15, -0.1) is 0 Å². The molecule has 1 heterocycles. The third-order valence-corrected chi connectivity index (χ3v) is 1.92. The van der Waals surface area contributed by atoms with E-state index in [0.29, 0.717) is 0 Å². The third-order valence-electron chi connectivity index (χ3n) is 1.82. The standard InChI is InChI=1S/C7H13N3S/c1-10-5-3-2-4-6(10)9-7(8)11/h2-5H2,1H3,(H2,8,11). The van der Waals surface area contributed by atoms with Crippen molar-refractivity contribution < 1.29 is 0 Å². The van der Waals surface area contributed by atoms with E-state index in [2.05, 4.69) is 9.89 Å². The lowest BCUT2D eigenvalue weighted by Crippen LogP contribution is -2.32. The third kappa shape index (κ3) is 2.46. The summed E-state index contributed by atoms with van der Waals surface area (Å²) in [4.78, 5) is 6.18. The normalized spacial score (nSPS) is 22.3. The van der Waals surface area contributed by atoms with Crippen LogP contribution in [-0.4, -0.2) is 29.4 Å². The van der Waals surface area contributed by atoms with Gasteiger partial charge in [-0.2, -0.15) is 0 Å². The van der Waals surface area contributed by atoms with Gasteiger partial charge in [0.25, 0.3) is 0 Å². The highest BCUT2D eigenvalue weighted by Crippen LogP contribution is 2.09. The molecule has 0 aliphatic carbocycles. The average molecular weight is 171 g/mol. The summed E-state index contributed by atoms with van der Waals surface area (Å²) in [5, 5.41) is 0.244. The van der Waals surface area contributed by atoms with Crippen LogP contribution in [-0.2, 0) is 0 Å². The zero-order valence-electron chi connectivity index (χ0n) is 6.71. The Morgan fingerprint density at radius 3 is 2.91 bits per heavy atom. The van der Waals surface area contributed by atoms with Gasteiger partial charge in [-0.1, -0.05) is 0 Å². The predicted octanol–water partition coefficient (Wildman–Crippen LogP) is 0.744. The molecular weight excluding hydrogens is 158 g/mol. The van der Waals surface area contributed by atoms with Gasteiger partial charge in [-0.3, -0.25) is 0 Å². The predicted molar refractivity (Wildman–Crippen MR) is 50.7 cm³/mol. The van der Waals surface area contributed by atoms with Gasteiger partial charge in [0.05, 0.1) is 0 Å². The molecule has 3 nitrogen and oxygen atoms in total. The Morgan fingerprint density at radius 2 is 2.36 bits per heavy atom. The Hall–Kier alpha value is -0.640. The smallest absolute Gasteiger partial charge is 0.191 e.